The Morgan fingerprint density at radius 1 is 1.38 bits per heavy atom. The number of hydrogen-bond acceptors (Lipinski definition) is 5. The number of carbonyl (C=O) groups is 2. The highest BCUT2D eigenvalue weighted by molar-refractivity contribution is 7.91. The van der Waals surface area contributed by atoms with E-state index in [-0.39, 0.29) is 23.4 Å². The van der Waals surface area contributed by atoms with Crippen LogP contribution in [0.4, 0.5) is 5.69 Å². The first kappa shape index (κ1) is 15.3. The third-order valence-electron chi connectivity index (χ3n) is 2.94. The molecule has 1 aliphatic rings. The molecule has 0 atom stereocenters. The van der Waals surface area contributed by atoms with Gasteiger partial charge in [-0.1, -0.05) is 6.07 Å². The number of nitrogens with one attached hydrogen (secondary N) is 1. The number of carbonyl (C=O) groups excluding carboxylic acids is 2. The number of anilines is 1. The lowest BCUT2D eigenvalue weighted by Gasteiger charge is -2.32. The molecule has 1 amide bonds. The highest BCUT2D eigenvalue weighted by Crippen LogP contribution is 2.30. The summed E-state index contributed by atoms with van der Waals surface area (Å²) in [5, 5.41) is 0. The third-order valence-corrected chi connectivity index (χ3v) is 4.52. The van der Waals surface area contributed by atoms with Gasteiger partial charge in [-0.3, -0.25) is 9.52 Å². The molecule has 114 valence electrons. The maximum absolute atomic E-state index is 12.5. The molecular formula is C13H16N2O5S. The van der Waals surface area contributed by atoms with Crippen molar-refractivity contribution >= 4 is 27.8 Å². The lowest BCUT2D eigenvalue weighted by Crippen LogP contribution is -2.48. The van der Waals surface area contributed by atoms with Gasteiger partial charge in [0.2, 0.25) is 0 Å². The van der Waals surface area contributed by atoms with Crippen molar-refractivity contribution in [2.45, 2.75) is 26.8 Å². The van der Waals surface area contributed by atoms with Gasteiger partial charge >= 0.3 is 16.2 Å². The maximum atomic E-state index is 12.5. The Kier molecular flexibility index (Phi) is 3.91. The minimum absolute atomic E-state index is 0.0134. The number of fused-ring (bicyclic) bond motifs is 1. The van der Waals surface area contributed by atoms with E-state index < -0.39 is 28.1 Å². The molecule has 0 fully saturated rings. The first-order chi connectivity index (χ1) is 9.79. The van der Waals surface area contributed by atoms with Crippen molar-refractivity contribution in [1.29, 1.82) is 0 Å². The van der Waals surface area contributed by atoms with Crippen LogP contribution in [0, 0.1) is 0 Å². The van der Waals surface area contributed by atoms with Gasteiger partial charge in [0.15, 0.2) is 0 Å². The molecule has 0 spiro atoms. The van der Waals surface area contributed by atoms with Gasteiger partial charge in [-0.05, 0) is 32.9 Å². The highest BCUT2D eigenvalue weighted by atomic mass is 32.2. The monoisotopic (exact) mass is 312 g/mol. The first-order valence-electron chi connectivity index (χ1n) is 6.46. The van der Waals surface area contributed by atoms with Crippen LogP contribution in [0.1, 0.15) is 41.5 Å². The number of esters is 1. The first-order valence-corrected chi connectivity index (χ1v) is 7.90. The number of amides is 1. The normalized spacial score (nSPS) is 16.4. The van der Waals surface area contributed by atoms with Crippen LogP contribution < -0.4 is 4.72 Å². The van der Waals surface area contributed by atoms with Crippen molar-refractivity contribution in [2.24, 2.45) is 0 Å². The SMILES string of the molecule is CCOC(=O)c1cccc2c1C(=O)N(C(C)C)S(=O)(=O)N2. The van der Waals surface area contributed by atoms with E-state index in [0.717, 1.165) is 4.31 Å². The fraction of sp³-hybridized carbons (Fsp3) is 0.385. The van der Waals surface area contributed by atoms with Crippen molar-refractivity contribution in [1.82, 2.24) is 4.31 Å². The molecule has 0 bridgehead atoms. The Hall–Kier alpha value is -2.09. The van der Waals surface area contributed by atoms with E-state index in [2.05, 4.69) is 4.72 Å². The molecule has 0 saturated heterocycles. The van der Waals surface area contributed by atoms with E-state index in [1.54, 1.807) is 20.8 Å². The van der Waals surface area contributed by atoms with Crippen LogP contribution in [0.25, 0.3) is 0 Å². The molecule has 0 unspecified atom stereocenters. The molecule has 8 heteroatoms. The summed E-state index contributed by atoms with van der Waals surface area (Å²) in [5.74, 6) is -1.39. The van der Waals surface area contributed by atoms with Crippen LogP contribution in [-0.2, 0) is 14.9 Å². The van der Waals surface area contributed by atoms with Gasteiger partial charge < -0.3 is 4.74 Å². The van der Waals surface area contributed by atoms with Crippen LogP contribution in [0.3, 0.4) is 0 Å². The fourth-order valence-electron chi connectivity index (χ4n) is 2.17. The molecule has 0 radical (unpaired) electrons. The number of rotatable bonds is 3. The van der Waals surface area contributed by atoms with E-state index in [1.165, 1.54) is 18.2 Å². The van der Waals surface area contributed by atoms with Crippen LogP contribution in [0.5, 0.6) is 0 Å². The topological polar surface area (TPSA) is 92.8 Å². The molecule has 0 aliphatic carbocycles. The molecule has 0 aromatic heterocycles. The number of ether oxygens (including phenoxy) is 1. The summed E-state index contributed by atoms with van der Waals surface area (Å²) in [6.45, 7) is 4.97. The Morgan fingerprint density at radius 2 is 2.05 bits per heavy atom. The summed E-state index contributed by atoms with van der Waals surface area (Å²) >= 11 is 0. The van der Waals surface area contributed by atoms with Crippen LogP contribution in [0.15, 0.2) is 18.2 Å². The minimum atomic E-state index is -3.96. The zero-order chi connectivity index (χ0) is 15.8. The van der Waals surface area contributed by atoms with Crippen molar-refractivity contribution in [3.8, 4) is 0 Å². The van der Waals surface area contributed by atoms with E-state index in [1.807, 2.05) is 0 Å². The Bertz CT molecular complexity index is 697. The Balaban J connectivity index is 2.62. The van der Waals surface area contributed by atoms with Gasteiger partial charge in [-0.15, -0.1) is 0 Å². The van der Waals surface area contributed by atoms with Crippen molar-refractivity contribution in [3.05, 3.63) is 29.3 Å². The number of nitrogens with zero attached hydrogens (tertiary/aromatic N) is 1. The molecule has 21 heavy (non-hydrogen) atoms. The van der Waals surface area contributed by atoms with Crippen LogP contribution in [-0.4, -0.2) is 37.2 Å². The predicted octanol–water partition coefficient (Wildman–Crippen LogP) is 1.38. The summed E-state index contributed by atoms with van der Waals surface area (Å²) in [5.41, 5.74) is 0.148. The summed E-state index contributed by atoms with van der Waals surface area (Å²) in [6, 6.07) is 3.79. The summed E-state index contributed by atoms with van der Waals surface area (Å²) < 4.78 is 32.1. The van der Waals surface area contributed by atoms with Crippen molar-refractivity contribution in [2.75, 3.05) is 11.3 Å². The van der Waals surface area contributed by atoms with E-state index in [9.17, 15) is 18.0 Å². The van der Waals surface area contributed by atoms with Gasteiger partial charge in [0.05, 0.1) is 23.4 Å². The third kappa shape index (κ3) is 2.58. The second-order valence-electron chi connectivity index (χ2n) is 4.75. The molecule has 1 N–H and O–H groups in total. The summed E-state index contributed by atoms with van der Waals surface area (Å²) in [6.07, 6.45) is 0. The van der Waals surface area contributed by atoms with Gasteiger partial charge in [0, 0.05) is 6.04 Å². The van der Waals surface area contributed by atoms with E-state index in [4.69, 9.17) is 4.74 Å². The lowest BCUT2D eigenvalue weighted by atomic mass is 10.0. The average molecular weight is 312 g/mol. The average Bonchev–Trinajstić information content (AvgIpc) is 2.36. The van der Waals surface area contributed by atoms with Gasteiger partial charge in [-0.25, -0.2) is 9.10 Å². The molecule has 0 saturated carbocycles. The number of benzene rings is 1. The second-order valence-corrected chi connectivity index (χ2v) is 6.30. The summed E-state index contributed by atoms with van der Waals surface area (Å²) in [4.78, 5) is 24.4. The highest BCUT2D eigenvalue weighted by Gasteiger charge is 2.39. The molecule has 1 aliphatic heterocycles. The largest absolute Gasteiger partial charge is 0.462 e. The zero-order valence-corrected chi connectivity index (χ0v) is 12.7. The molecule has 1 aromatic rings. The van der Waals surface area contributed by atoms with Gasteiger partial charge in [-0.2, -0.15) is 8.42 Å². The summed E-state index contributed by atoms with van der Waals surface area (Å²) in [7, 11) is -3.96. The van der Waals surface area contributed by atoms with Crippen LogP contribution in [0.2, 0.25) is 0 Å². The minimum Gasteiger partial charge on any atom is -0.462 e. The fourth-order valence-corrected chi connectivity index (χ4v) is 3.58. The van der Waals surface area contributed by atoms with Crippen LogP contribution >= 0.6 is 0 Å². The van der Waals surface area contributed by atoms with Gasteiger partial charge in [0.25, 0.3) is 5.91 Å². The lowest BCUT2D eigenvalue weighted by molar-refractivity contribution is 0.0520. The standard InChI is InChI=1S/C13H16N2O5S/c1-4-20-13(17)9-6-5-7-10-11(9)12(16)15(8(2)3)21(18,19)14-10/h5-8,14H,4H2,1-3H3. The molecular weight excluding hydrogens is 296 g/mol. The smallest absolute Gasteiger partial charge is 0.339 e. The van der Waals surface area contributed by atoms with Gasteiger partial charge in [0.1, 0.15) is 0 Å². The Labute approximate surface area is 123 Å². The quantitative estimate of drug-likeness (QED) is 0.851. The van der Waals surface area contributed by atoms with Crippen molar-refractivity contribution < 1.29 is 22.7 Å². The Morgan fingerprint density at radius 3 is 2.62 bits per heavy atom. The molecule has 7 nitrogen and oxygen atoms in total. The van der Waals surface area contributed by atoms with Crippen molar-refractivity contribution in [3.63, 3.8) is 0 Å². The molecule has 1 aromatic carbocycles. The zero-order valence-electron chi connectivity index (χ0n) is 11.9. The molecule has 1 heterocycles. The molecule has 2 rings (SSSR count). The van der Waals surface area contributed by atoms with E-state index in [0.29, 0.717) is 0 Å². The second kappa shape index (κ2) is 5.36. The predicted molar refractivity (Wildman–Crippen MR) is 76.2 cm³/mol. The maximum Gasteiger partial charge on any atom is 0.339 e. The van der Waals surface area contributed by atoms with E-state index >= 15 is 0 Å². The number of hydrogen-bond donors (Lipinski definition) is 1.